The third-order valence-electron chi connectivity index (χ3n) is 10.4. The standard InChI is InChI=1S/C46H36N2/c1-5-6-19-38-30(2)45-39(46(38,3)4)20-14-23-44(45)48-41-22-13-11-18-35(41)37-29-32(25-27-43(37)48)31-24-26-42-36(28-31)34-17-10-12-21-40(34)47(42)33-15-8-7-9-16-33/h5-29H,2H2,1,3-4H3/b6-5-,38-19+. The zero-order chi connectivity index (χ0) is 32.6. The highest BCUT2D eigenvalue weighted by molar-refractivity contribution is 6.13. The molecule has 2 heterocycles. The topological polar surface area (TPSA) is 9.86 Å². The third-order valence-corrected chi connectivity index (χ3v) is 10.4. The van der Waals surface area contributed by atoms with E-state index in [1.807, 2.05) is 0 Å². The summed E-state index contributed by atoms with van der Waals surface area (Å²) >= 11 is 0. The zero-order valence-corrected chi connectivity index (χ0v) is 27.5. The molecule has 0 spiro atoms. The van der Waals surface area contributed by atoms with E-state index < -0.39 is 0 Å². The molecule has 8 aromatic rings. The van der Waals surface area contributed by atoms with Crippen molar-refractivity contribution in [2.24, 2.45) is 0 Å². The molecule has 2 aromatic heterocycles. The second kappa shape index (κ2) is 10.6. The Hall–Kier alpha value is -5.86. The number of allylic oxidation sites excluding steroid dienone is 5. The number of hydrogen-bond donors (Lipinski definition) is 0. The number of para-hydroxylation sites is 3. The van der Waals surface area contributed by atoms with Crippen molar-refractivity contribution in [1.82, 2.24) is 9.13 Å². The van der Waals surface area contributed by atoms with Gasteiger partial charge in [-0.3, -0.25) is 0 Å². The first kappa shape index (κ1) is 28.4. The molecule has 0 saturated carbocycles. The number of nitrogens with zero attached hydrogens (tertiary/aromatic N) is 2. The van der Waals surface area contributed by atoms with Gasteiger partial charge in [-0.25, -0.2) is 0 Å². The Kier molecular flexibility index (Phi) is 6.26. The second-order valence-electron chi connectivity index (χ2n) is 13.4. The molecule has 9 rings (SSSR count). The smallest absolute Gasteiger partial charge is 0.0543 e. The maximum Gasteiger partial charge on any atom is 0.0543 e. The molecule has 0 atom stereocenters. The number of hydrogen-bond acceptors (Lipinski definition) is 0. The summed E-state index contributed by atoms with van der Waals surface area (Å²) in [5.41, 5.74) is 14.4. The lowest BCUT2D eigenvalue weighted by Crippen LogP contribution is -2.15. The normalized spacial score (nSPS) is 15.1. The van der Waals surface area contributed by atoms with Crippen molar-refractivity contribution in [3.63, 3.8) is 0 Å². The van der Waals surface area contributed by atoms with Gasteiger partial charge < -0.3 is 9.13 Å². The van der Waals surface area contributed by atoms with Gasteiger partial charge in [-0.1, -0.05) is 118 Å². The zero-order valence-electron chi connectivity index (χ0n) is 27.5. The summed E-state index contributed by atoms with van der Waals surface area (Å²) in [7, 11) is 0. The predicted molar refractivity (Wildman–Crippen MR) is 206 cm³/mol. The van der Waals surface area contributed by atoms with E-state index in [2.05, 4.69) is 188 Å². The van der Waals surface area contributed by atoms with E-state index in [9.17, 15) is 0 Å². The van der Waals surface area contributed by atoms with Crippen molar-refractivity contribution in [2.45, 2.75) is 26.2 Å². The fourth-order valence-corrected chi connectivity index (χ4v) is 8.14. The SMILES string of the molecule is C=C1/C(=C\C=C/C)C(C)(C)c2cccc(-n3c4ccccc4c4cc(-c5ccc6c(c5)c5ccccc5n6-c5ccccc5)ccc43)c21. The van der Waals surface area contributed by atoms with Crippen LogP contribution in [0.5, 0.6) is 0 Å². The molecular formula is C46H36N2. The van der Waals surface area contributed by atoms with Gasteiger partial charge in [-0.2, -0.15) is 0 Å². The Morgan fingerprint density at radius 2 is 1.12 bits per heavy atom. The van der Waals surface area contributed by atoms with Gasteiger partial charge in [0.25, 0.3) is 0 Å². The average molecular weight is 617 g/mol. The molecule has 2 heteroatoms. The molecule has 6 aromatic carbocycles. The molecule has 0 fully saturated rings. The maximum atomic E-state index is 4.66. The van der Waals surface area contributed by atoms with Crippen LogP contribution in [0, 0.1) is 0 Å². The average Bonchev–Trinajstić information content (AvgIpc) is 3.70. The monoisotopic (exact) mass is 616 g/mol. The molecule has 1 aliphatic rings. The summed E-state index contributed by atoms with van der Waals surface area (Å²) in [4.78, 5) is 0. The van der Waals surface area contributed by atoms with E-state index in [4.69, 9.17) is 0 Å². The number of fused-ring (bicyclic) bond motifs is 7. The van der Waals surface area contributed by atoms with Crippen molar-refractivity contribution in [3.05, 3.63) is 175 Å². The van der Waals surface area contributed by atoms with E-state index in [1.54, 1.807) is 0 Å². The number of aromatic nitrogens is 2. The highest BCUT2D eigenvalue weighted by Gasteiger charge is 2.38. The molecule has 0 bridgehead atoms. The number of rotatable bonds is 4. The van der Waals surface area contributed by atoms with Crippen LogP contribution < -0.4 is 0 Å². The van der Waals surface area contributed by atoms with E-state index in [-0.39, 0.29) is 5.41 Å². The lowest BCUT2D eigenvalue weighted by molar-refractivity contribution is 0.660. The molecular weight excluding hydrogens is 581 g/mol. The molecule has 2 nitrogen and oxygen atoms in total. The van der Waals surface area contributed by atoms with Crippen molar-refractivity contribution in [3.8, 4) is 22.5 Å². The van der Waals surface area contributed by atoms with Crippen LogP contribution in [0.4, 0.5) is 0 Å². The van der Waals surface area contributed by atoms with Crippen LogP contribution in [0.3, 0.4) is 0 Å². The van der Waals surface area contributed by atoms with Crippen LogP contribution >= 0.6 is 0 Å². The minimum absolute atomic E-state index is 0.129. The summed E-state index contributed by atoms with van der Waals surface area (Å²) in [6.45, 7) is 11.4. The molecule has 48 heavy (non-hydrogen) atoms. The minimum atomic E-state index is -0.129. The fourth-order valence-electron chi connectivity index (χ4n) is 8.14. The highest BCUT2D eigenvalue weighted by Crippen LogP contribution is 2.52. The Bertz CT molecular complexity index is 2650. The summed E-state index contributed by atoms with van der Waals surface area (Å²) in [6, 6.07) is 48.8. The molecule has 0 N–H and O–H groups in total. The lowest BCUT2D eigenvalue weighted by atomic mass is 9.82. The van der Waals surface area contributed by atoms with Gasteiger partial charge in [0.05, 0.1) is 27.8 Å². The van der Waals surface area contributed by atoms with Crippen molar-refractivity contribution in [2.75, 3.05) is 0 Å². The largest absolute Gasteiger partial charge is 0.309 e. The Balaban J connectivity index is 1.25. The van der Waals surface area contributed by atoms with Gasteiger partial charge in [0, 0.05) is 38.2 Å². The van der Waals surface area contributed by atoms with Crippen LogP contribution in [-0.2, 0) is 5.41 Å². The molecule has 0 saturated heterocycles. The summed E-state index contributed by atoms with van der Waals surface area (Å²) < 4.78 is 4.82. The van der Waals surface area contributed by atoms with Gasteiger partial charge in [-0.15, -0.1) is 0 Å². The molecule has 1 aliphatic carbocycles. The predicted octanol–water partition coefficient (Wildman–Crippen LogP) is 12.4. The van der Waals surface area contributed by atoms with Gasteiger partial charge in [-0.05, 0) is 89.4 Å². The molecule has 0 radical (unpaired) electrons. The van der Waals surface area contributed by atoms with Gasteiger partial charge in [0.15, 0.2) is 0 Å². The van der Waals surface area contributed by atoms with Crippen LogP contribution in [0.2, 0.25) is 0 Å². The first-order valence-corrected chi connectivity index (χ1v) is 16.8. The first-order chi connectivity index (χ1) is 23.5. The maximum absolute atomic E-state index is 4.66. The van der Waals surface area contributed by atoms with Crippen LogP contribution in [0.1, 0.15) is 31.9 Å². The minimum Gasteiger partial charge on any atom is -0.309 e. The fraction of sp³-hybridized carbons (Fsp3) is 0.0870. The van der Waals surface area contributed by atoms with Gasteiger partial charge in [0.2, 0.25) is 0 Å². The summed E-state index contributed by atoms with van der Waals surface area (Å²) in [6.07, 6.45) is 6.45. The first-order valence-electron chi connectivity index (χ1n) is 16.8. The van der Waals surface area contributed by atoms with Crippen LogP contribution in [0.25, 0.3) is 71.7 Å². The Morgan fingerprint density at radius 1 is 0.562 bits per heavy atom. The summed E-state index contributed by atoms with van der Waals surface area (Å²) in [5, 5.41) is 5.03. The number of benzene rings is 6. The van der Waals surface area contributed by atoms with Crippen molar-refractivity contribution >= 4 is 49.2 Å². The molecule has 0 amide bonds. The molecule has 230 valence electrons. The Morgan fingerprint density at radius 3 is 1.77 bits per heavy atom. The quantitative estimate of drug-likeness (QED) is 0.186. The van der Waals surface area contributed by atoms with E-state index in [1.165, 1.54) is 82.8 Å². The third kappa shape index (κ3) is 3.99. The second-order valence-corrected chi connectivity index (χ2v) is 13.4. The summed E-state index contributed by atoms with van der Waals surface area (Å²) in [5.74, 6) is 0. The van der Waals surface area contributed by atoms with Gasteiger partial charge in [0.1, 0.15) is 0 Å². The highest BCUT2D eigenvalue weighted by atomic mass is 15.0. The van der Waals surface area contributed by atoms with Crippen molar-refractivity contribution < 1.29 is 0 Å². The van der Waals surface area contributed by atoms with E-state index in [0.717, 1.165) is 5.57 Å². The Labute approximate surface area is 281 Å². The lowest BCUT2D eigenvalue weighted by Gasteiger charge is -2.21. The van der Waals surface area contributed by atoms with E-state index in [0.29, 0.717) is 0 Å². The van der Waals surface area contributed by atoms with Crippen LogP contribution in [-0.4, -0.2) is 9.13 Å². The molecule has 0 unspecified atom stereocenters. The van der Waals surface area contributed by atoms with E-state index >= 15 is 0 Å². The van der Waals surface area contributed by atoms with Crippen molar-refractivity contribution in [1.29, 1.82) is 0 Å². The van der Waals surface area contributed by atoms with Crippen LogP contribution in [0.15, 0.2) is 164 Å². The molecule has 0 aliphatic heterocycles. The van der Waals surface area contributed by atoms with Gasteiger partial charge >= 0.3 is 0 Å².